The first kappa shape index (κ1) is 9.66. The zero-order valence-corrected chi connectivity index (χ0v) is 7.76. The fraction of sp³-hybridized carbons (Fsp3) is 0.286. The minimum absolute atomic E-state index is 0.0425. The summed E-state index contributed by atoms with van der Waals surface area (Å²) in [6, 6.07) is 0. The Morgan fingerprint density at radius 3 is 3.00 bits per heavy atom. The Kier molecular flexibility index (Phi) is 2.97. The van der Waals surface area contributed by atoms with Crippen molar-refractivity contribution >= 4 is 28.7 Å². The monoisotopic (exact) mass is 200 g/mol. The third kappa shape index (κ3) is 2.03. The molecule has 2 N–H and O–H groups in total. The van der Waals surface area contributed by atoms with Crippen LogP contribution in [0.2, 0.25) is 0 Å². The lowest BCUT2D eigenvalue weighted by atomic mass is 10.4. The van der Waals surface area contributed by atoms with Crippen LogP contribution in [0.25, 0.3) is 0 Å². The molecule has 0 aliphatic heterocycles. The van der Waals surface area contributed by atoms with Crippen LogP contribution in [0.5, 0.6) is 0 Å². The maximum absolute atomic E-state index is 11.2. The molecule has 0 unspecified atom stereocenters. The molecule has 0 saturated carbocycles. The number of rotatable bonds is 3. The van der Waals surface area contributed by atoms with Gasteiger partial charge in [0.2, 0.25) is 0 Å². The van der Waals surface area contributed by atoms with Crippen LogP contribution < -0.4 is 5.73 Å². The van der Waals surface area contributed by atoms with E-state index in [1.807, 2.05) is 0 Å². The van der Waals surface area contributed by atoms with E-state index in [-0.39, 0.29) is 22.3 Å². The summed E-state index contributed by atoms with van der Waals surface area (Å²) in [6.45, 7) is 1.94. The van der Waals surface area contributed by atoms with Crippen LogP contribution in [0.1, 0.15) is 27.1 Å². The first-order valence-corrected chi connectivity index (χ1v) is 4.39. The summed E-state index contributed by atoms with van der Waals surface area (Å²) in [5, 5.41) is 0.185. The average molecular weight is 200 g/mol. The Morgan fingerprint density at radius 1 is 1.77 bits per heavy atom. The van der Waals surface area contributed by atoms with Crippen LogP contribution in [-0.2, 0) is 4.74 Å². The van der Waals surface area contributed by atoms with Gasteiger partial charge in [-0.3, -0.25) is 4.79 Å². The van der Waals surface area contributed by atoms with E-state index in [0.29, 0.717) is 6.29 Å². The molecule has 0 aliphatic rings. The lowest BCUT2D eigenvalue weighted by Crippen LogP contribution is -2.05. The number of carbonyl (C=O) groups is 2. The lowest BCUT2D eigenvalue weighted by molar-refractivity contribution is 0.0529. The Labute approximate surface area is 78.5 Å². The maximum atomic E-state index is 11.2. The SMILES string of the molecule is CCOC(=O)c1sc(N)nc1C=O. The smallest absolute Gasteiger partial charge is 0.350 e. The van der Waals surface area contributed by atoms with Gasteiger partial charge in [0.15, 0.2) is 11.4 Å². The molecule has 1 heterocycles. The summed E-state index contributed by atoms with van der Waals surface area (Å²) in [5.74, 6) is -0.557. The van der Waals surface area contributed by atoms with E-state index in [9.17, 15) is 9.59 Å². The molecule has 13 heavy (non-hydrogen) atoms. The van der Waals surface area contributed by atoms with Gasteiger partial charge in [0.25, 0.3) is 0 Å². The molecule has 0 bridgehead atoms. The molecule has 0 saturated heterocycles. The summed E-state index contributed by atoms with van der Waals surface area (Å²) in [5.41, 5.74) is 5.37. The number of hydrogen-bond donors (Lipinski definition) is 1. The maximum Gasteiger partial charge on any atom is 0.350 e. The molecule has 0 fully saturated rings. The first-order valence-electron chi connectivity index (χ1n) is 3.57. The van der Waals surface area contributed by atoms with Gasteiger partial charge < -0.3 is 10.5 Å². The molecule has 0 radical (unpaired) electrons. The van der Waals surface area contributed by atoms with Gasteiger partial charge in [0.05, 0.1) is 6.61 Å². The van der Waals surface area contributed by atoms with Gasteiger partial charge in [0, 0.05) is 0 Å². The number of carbonyl (C=O) groups excluding carboxylic acids is 2. The second-order valence-corrected chi connectivity index (χ2v) is 3.14. The van der Waals surface area contributed by atoms with Crippen molar-refractivity contribution in [2.45, 2.75) is 6.92 Å². The molecule has 5 nitrogen and oxygen atoms in total. The number of ether oxygens (including phenoxy) is 1. The van der Waals surface area contributed by atoms with Crippen LogP contribution in [0.4, 0.5) is 5.13 Å². The quantitative estimate of drug-likeness (QED) is 0.574. The van der Waals surface area contributed by atoms with Crippen LogP contribution in [-0.4, -0.2) is 23.8 Å². The van der Waals surface area contributed by atoms with Gasteiger partial charge in [-0.1, -0.05) is 11.3 Å². The number of nitrogens with two attached hydrogens (primary N) is 1. The molecule has 6 heteroatoms. The van der Waals surface area contributed by atoms with E-state index >= 15 is 0 Å². The van der Waals surface area contributed by atoms with Crippen LogP contribution in [0.15, 0.2) is 0 Å². The van der Waals surface area contributed by atoms with Crippen molar-refractivity contribution in [2.24, 2.45) is 0 Å². The van der Waals surface area contributed by atoms with Gasteiger partial charge in [-0.2, -0.15) is 0 Å². The number of thiazole rings is 1. The number of aldehydes is 1. The third-order valence-electron chi connectivity index (χ3n) is 1.24. The molecule has 0 spiro atoms. The zero-order chi connectivity index (χ0) is 9.84. The van der Waals surface area contributed by atoms with Crippen molar-refractivity contribution in [2.75, 3.05) is 12.3 Å². The third-order valence-corrected chi connectivity index (χ3v) is 2.12. The van der Waals surface area contributed by atoms with Crippen molar-refractivity contribution < 1.29 is 14.3 Å². The number of nitrogens with zero attached hydrogens (tertiary/aromatic N) is 1. The summed E-state index contributed by atoms with van der Waals surface area (Å²) in [4.78, 5) is 25.4. The Balaban J connectivity index is 2.98. The normalized spacial score (nSPS) is 9.62. The van der Waals surface area contributed by atoms with Crippen LogP contribution >= 0.6 is 11.3 Å². The lowest BCUT2D eigenvalue weighted by Gasteiger charge is -1.96. The predicted molar refractivity (Wildman–Crippen MR) is 47.9 cm³/mol. The van der Waals surface area contributed by atoms with Crippen molar-refractivity contribution in [3.8, 4) is 0 Å². The van der Waals surface area contributed by atoms with E-state index in [1.54, 1.807) is 6.92 Å². The molecular formula is C7H8N2O3S. The topological polar surface area (TPSA) is 82.3 Å². The molecule has 0 aliphatic carbocycles. The number of nitrogen functional groups attached to an aromatic ring is 1. The highest BCUT2D eigenvalue weighted by Crippen LogP contribution is 2.19. The number of anilines is 1. The van der Waals surface area contributed by atoms with Crippen molar-refractivity contribution in [3.63, 3.8) is 0 Å². The van der Waals surface area contributed by atoms with Crippen LogP contribution in [0.3, 0.4) is 0 Å². The molecule has 1 rings (SSSR count). The summed E-state index contributed by atoms with van der Waals surface area (Å²) in [6.07, 6.45) is 0.485. The van der Waals surface area contributed by atoms with Gasteiger partial charge in [-0.15, -0.1) is 0 Å². The van der Waals surface area contributed by atoms with E-state index in [4.69, 9.17) is 10.5 Å². The summed E-state index contributed by atoms with van der Waals surface area (Å²) in [7, 11) is 0. The highest BCUT2D eigenvalue weighted by molar-refractivity contribution is 7.17. The highest BCUT2D eigenvalue weighted by Gasteiger charge is 2.17. The van der Waals surface area contributed by atoms with E-state index in [2.05, 4.69) is 4.98 Å². The Hall–Kier alpha value is -1.43. The number of esters is 1. The second-order valence-electron chi connectivity index (χ2n) is 2.10. The van der Waals surface area contributed by atoms with Crippen LogP contribution in [0, 0.1) is 0 Å². The van der Waals surface area contributed by atoms with E-state index in [1.165, 1.54) is 0 Å². The van der Waals surface area contributed by atoms with Gasteiger partial charge >= 0.3 is 5.97 Å². The fourth-order valence-corrected chi connectivity index (χ4v) is 1.47. The molecular weight excluding hydrogens is 192 g/mol. The summed E-state index contributed by atoms with van der Waals surface area (Å²) >= 11 is 0.948. The largest absolute Gasteiger partial charge is 0.462 e. The van der Waals surface area contributed by atoms with Crippen molar-refractivity contribution in [1.82, 2.24) is 4.98 Å². The Bertz CT molecular complexity index is 334. The highest BCUT2D eigenvalue weighted by atomic mass is 32.1. The van der Waals surface area contributed by atoms with Crippen molar-refractivity contribution in [1.29, 1.82) is 0 Å². The molecule has 1 aromatic rings. The number of aromatic nitrogens is 1. The zero-order valence-electron chi connectivity index (χ0n) is 6.94. The second kappa shape index (κ2) is 3.99. The molecule has 0 atom stereocenters. The number of hydrogen-bond acceptors (Lipinski definition) is 6. The molecule has 0 amide bonds. The molecule has 70 valence electrons. The van der Waals surface area contributed by atoms with E-state index < -0.39 is 5.97 Å². The minimum atomic E-state index is -0.557. The predicted octanol–water partition coefficient (Wildman–Crippen LogP) is 0.715. The van der Waals surface area contributed by atoms with E-state index in [0.717, 1.165) is 11.3 Å². The van der Waals surface area contributed by atoms with Gasteiger partial charge in [0.1, 0.15) is 10.6 Å². The van der Waals surface area contributed by atoms with Gasteiger partial charge in [-0.25, -0.2) is 9.78 Å². The fourth-order valence-electron chi connectivity index (χ4n) is 0.772. The Morgan fingerprint density at radius 2 is 2.46 bits per heavy atom. The molecule has 0 aromatic carbocycles. The van der Waals surface area contributed by atoms with Gasteiger partial charge in [-0.05, 0) is 6.92 Å². The standard InChI is InChI=1S/C7H8N2O3S/c1-2-12-6(11)5-4(3-10)9-7(8)13-5/h3H,2H2,1H3,(H2,8,9). The first-order chi connectivity index (χ1) is 6.19. The van der Waals surface area contributed by atoms with Crippen molar-refractivity contribution in [3.05, 3.63) is 10.6 Å². The average Bonchev–Trinajstić information content (AvgIpc) is 2.47. The summed E-state index contributed by atoms with van der Waals surface area (Å²) < 4.78 is 4.70. The minimum Gasteiger partial charge on any atom is -0.462 e. The molecule has 1 aromatic heterocycles.